The van der Waals surface area contributed by atoms with Gasteiger partial charge in [0.15, 0.2) is 0 Å². The lowest BCUT2D eigenvalue weighted by atomic mass is 9.80. The molecule has 11 rings (SSSR count). The fourth-order valence-electron chi connectivity index (χ4n) is 8.98. The fraction of sp³-hybridized carbons (Fsp3) is 0.0169. The van der Waals surface area contributed by atoms with Crippen LogP contribution in [-0.2, 0) is 0 Å². The van der Waals surface area contributed by atoms with Crippen LogP contribution in [0.5, 0.6) is 0 Å². The van der Waals surface area contributed by atoms with Crippen molar-refractivity contribution in [2.75, 3.05) is 0 Å². The summed E-state index contributed by atoms with van der Waals surface area (Å²) in [6, 6.07) is 85.8. The Hall–Kier alpha value is -7.74. The molecule has 0 saturated carbocycles. The van der Waals surface area contributed by atoms with Gasteiger partial charge in [-0.2, -0.15) is 0 Å². The van der Waals surface area contributed by atoms with Crippen molar-refractivity contribution in [1.29, 1.82) is 0 Å². The molecule has 1 heterocycles. The summed E-state index contributed by atoms with van der Waals surface area (Å²) < 4.78 is 6.09. The summed E-state index contributed by atoms with van der Waals surface area (Å²) in [5, 5.41) is 4.82. The average Bonchev–Trinajstić information content (AvgIpc) is 3.71. The van der Waals surface area contributed by atoms with Crippen LogP contribution >= 0.6 is 0 Å². The van der Waals surface area contributed by atoms with Crippen LogP contribution < -0.4 is 0 Å². The molecular weight excluding hydrogens is 725 g/mol. The lowest BCUT2D eigenvalue weighted by Crippen LogP contribution is -2.05. The third-order valence-corrected chi connectivity index (χ3v) is 12.1. The second-order valence-electron chi connectivity index (χ2n) is 15.6. The van der Waals surface area contributed by atoms with Crippen molar-refractivity contribution in [2.24, 2.45) is 0 Å². The van der Waals surface area contributed by atoms with E-state index in [9.17, 15) is 0 Å². The Morgan fingerprint density at radius 3 is 1.22 bits per heavy atom. The molecular formula is C59H40O. The van der Waals surface area contributed by atoms with Crippen molar-refractivity contribution < 1.29 is 4.42 Å². The normalized spacial score (nSPS) is 11.9. The quantitative estimate of drug-likeness (QED) is 0.140. The van der Waals surface area contributed by atoms with Crippen molar-refractivity contribution in [1.82, 2.24) is 0 Å². The Bertz CT molecular complexity index is 3250. The van der Waals surface area contributed by atoms with Crippen molar-refractivity contribution >= 4 is 32.7 Å². The van der Waals surface area contributed by atoms with E-state index in [0.717, 1.165) is 21.9 Å². The van der Waals surface area contributed by atoms with Crippen molar-refractivity contribution in [2.45, 2.75) is 5.92 Å². The van der Waals surface area contributed by atoms with Gasteiger partial charge < -0.3 is 4.42 Å². The Balaban J connectivity index is 0.946. The van der Waals surface area contributed by atoms with Gasteiger partial charge in [-0.3, -0.25) is 0 Å². The molecule has 0 radical (unpaired) electrons. The van der Waals surface area contributed by atoms with E-state index < -0.39 is 0 Å². The highest BCUT2D eigenvalue weighted by Gasteiger charge is 2.21. The summed E-state index contributed by atoms with van der Waals surface area (Å²) in [4.78, 5) is 0. The third-order valence-electron chi connectivity index (χ3n) is 12.1. The summed E-state index contributed by atoms with van der Waals surface area (Å²) >= 11 is 0. The number of para-hydroxylation sites is 1. The maximum absolute atomic E-state index is 6.09. The van der Waals surface area contributed by atoms with Crippen LogP contribution in [0.25, 0.3) is 88.3 Å². The van der Waals surface area contributed by atoms with E-state index in [1.165, 1.54) is 83.1 Å². The molecule has 0 fully saturated rings. The summed E-state index contributed by atoms with van der Waals surface area (Å²) in [5.41, 5.74) is 17.7. The zero-order valence-electron chi connectivity index (χ0n) is 33.0. The highest BCUT2D eigenvalue weighted by Crippen LogP contribution is 2.41. The lowest BCUT2D eigenvalue weighted by molar-refractivity contribution is 0.669. The molecule has 0 aliphatic rings. The van der Waals surface area contributed by atoms with Gasteiger partial charge in [0.2, 0.25) is 0 Å². The second-order valence-corrected chi connectivity index (χ2v) is 15.6. The molecule has 0 bridgehead atoms. The highest BCUT2D eigenvalue weighted by molar-refractivity contribution is 6.06. The number of benzene rings is 10. The van der Waals surface area contributed by atoms with Gasteiger partial charge in [0.1, 0.15) is 11.2 Å². The SMILES string of the molecule is c1ccc(-c2ccc(-c3ccc(C(c4ccc(-c5ccc(-c6ccc7oc8ccccc8c7c6)cc5)cc4)c4ccc(-c5ccccc5)c5ccccc45)cc3)cc2)cc1. The van der Waals surface area contributed by atoms with Crippen LogP contribution in [0.15, 0.2) is 241 Å². The van der Waals surface area contributed by atoms with Gasteiger partial charge in [-0.1, -0.05) is 218 Å². The van der Waals surface area contributed by atoms with Gasteiger partial charge in [-0.25, -0.2) is 0 Å². The molecule has 282 valence electrons. The molecule has 1 aromatic heterocycles. The topological polar surface area (TPSA) is 13.1 Å². The summed E-state index contributed by atoms with van der Waals surface area (Å²) in [6.07, 6.45) is 0. The van der Waals surface area contributed by atoms with E-state index in [1.54, 1.807) is 0 Å². The van der Waals surface area contributed by atoms with E-state index in [-0.39, 0.29) is 5.92 Å². The van der Waals surface area contributed by atoms with Crippen LogP contribution in [0, 0.1) is 0 Å². The number of hydrogen-bond acceptors (Lipinski definition) is 1. The first kappa shape index (κ1) is 35.4. The standard InChI is InChI=1S/C59H40O/c1-3-11-40(12-4-1)41-19-21-42(22-20-41)44-27-31-48(32-28-44)59(55-37-36-51(47-13-5-2-6-14-47)52-15-7-8-16-53(52)55)49-33-29-45(30-34-49)43-23-25-46(26-24-43)50-35-38-58-56(39-50)54-17-9-10-18-57(54)60-58/h1-39,59H. The number of furan rings is 1. The Morgan fingerprint density at radius 1 is 0.250 bits per heavy atom. The van der Waals surface area contributed by atoms with Crippen LogP contribution in [0.2, 0.25) is 0 Å². The van der Waals surface area contributed by atoms with Crippen LogP contribution in [0.3, 0.4) is 0 Å². The lowest BCUT2D eigenvalue weighted by Gasteiger charge is -2.23. The number of rotatable bonds is 8. The van der Waals surface area contributed by atoms with Crippen LogP contribution in [0.1, 0.15) is 22.6 Å². The molecule has 0 aliphatic carbocycles. The smallest absolute Gasteiger partial charge is 0.135 e. The van der Waals surface area contributed by atoms with E-state index in [2.05, 4.69) is 224 Å². The number of fused-ring (bicyclic) bond motifs is 4. The van der Waals surface area contributed by atoms with Gasteiger partial charge in [-0.15, -0.1) is 0 Å². The Morgan fingerprint density at radius 2 is 0.650 bits per heavy atom. The Labute approximate surface area is 350 Å². The molecule has 60 heavy (non-hydrogen) atoms. The maximum Gasteiger partial charge on any atom is 0.135 e. The maximum atomic E-state index is 6.09. The van der Waals surface area contributed by atoms with Crippen molar-refractivity contribution in [3.63, 3.8) is 0 Å². The molecule has 0 spiro atoms. The first-order valence-electron chi connectivity index (χ1n) is 20.7. The van der Waals surface area contributed by atoms with Gasteiger partial charge in [0.25, 0.3) is 0 Å². The molecule has 0 saturated heterocycles. The van der Waals surface area contributed by atoms with Crippen LogP contribution in [-0.4, -0.2) is 0 Å². The monoisotopic (exact) mass is 764 g/mol. The molecule has 0 amide bonds. The van der Waals surface area contributed by atoms with Crippen molar-refractivity contribution in [3.8, 4) is 55.6 Å². The summed E-state index contributed by atoms with van der Waals surface area (Å²) in [5.74, 6) is 0.0274. The second kappa shape index (κ2) is 15.2. The molecule has 1 nitrogen and oxygen atoms in total. The molecule has 1 unspecified atom stereocenters. The molecule has 1 atom stereocenters. The van der Waals surface area contributed by atoms with E-state index in [4.69, 9.17) is 4.42 Å². The van der Waals surface area contributed by atoms with Gasteiger partial charge in [0.05, 0.1) is 0 Å². The molecule has 10 aromatic carbocycles. The summed E-state index contributed by atoms with van der Waals surface area (Å²) in [6.45, 7) is 0. The molecule has 0 N–H and O–H groups in total. The van der Waals surface area contributed by atoms with Gasteiger partial charge in [-0.05, 0) is 101 Å². The summed E-state index contributed by atoms with van der Waals surface area (Å²) in [7, 11) is 0. The average molecular weight is 765 g/mol. The zero-order chi connectivity index (χ0) is 39.8. The first-order chi connectivity index (χ1) is 29.7. The minimum absolute atomic E-state index is 0.0274. The predicted octanol–water partition coefficient (Wildman–Crippen LogP) is 16.3. The minimum Gasteiger partial charge on any atom is -0.456 e. The predicted molar refractivity (Wildman–Crippen MR) is 252 cm³/mol. The van der Waals surface area contributed by atoms with E-state index >= 15 is 0 Å². The third kappa shape index (κ3) is 6.57. The molecule has 11 aromatic rings. The van der Waals surface area contributed by atoms with Gasteiger partial charge >= 0.3 is 0 Å². The minimum atomic E-state index is 0.0274. The molecule has 0 aliphatic heterocycles. The van der Waals surface area contributed by atoms with E-state index in [0.29, 0.717) is 0 Å². The fourth-order valence-corrected chi connectivity index (χ4v) is 8.98. The highest BCUT2D eigenvalue weighted by atomic mass is 16.3. The Kier molecular flexibility index (Phi) is 8.98. The van der Waals surface area contributed by atoms with Crippen LogP contribution in [0.4, 0.5) is 0 Å². The van der Waals surface area contributed by atoms with Gasteiger partial charge in [0, 0.05) is 16.7 Å². The van der Waals surface area contributed by atoms with Crippen molar-refractivity contribution in [3.05, 3.63) is 253 Å². The molecule has 1 heteroatoms. The van der Waals surface area contributed by atoms with E-state index in [1.807, 2.05) is 12.1 Å². The number of hydrogen-bond donors (Lipinski definition) is 0. The zero-order valence-corrected chi connectivity index (χ0v) is 33.0. The first-order valence-corrected chi connectivity index (χ1v) is 20.7. The largest absolute Gasteiger partial charge is 0.456 e.